The average molecular weight is 391 g/mol. The van der Waals surface area contributed by atoms with Crippen LogP contribution in [-0.2, 0) is 16.4 Å². The van der Waals surface area contributed by atoms with Gasteiger partial charge in [0.25, 0.3) is 0 Å². The molecule has 0 atom stereocenters. The molecule has 1 N–H and O–H groups in total. The molecule has 0 fully saturated rings. The molecule has 2 aromatic carbocycles. The van der Waals surface area contributed by atoms with Crippen molar-refractivity contribution in [3.05, 3.63) is 59.7 Å². The average Bonchev–Trinajstić information content (AvgIpc) is 3.10. The zero-order valence-electron chi connectivity index (χ0n) is 14.8. The first-order chi connectivity index (χ1) is 12.9. The number of sulfonamides is 1. The molecule has 0 amide bonds. The molecule has 0 unspecified atom stereocenters. The second-order valence-corrected chi connectivity index (χ2v) is 7.54. The Hall–Kier alpha value is -2.78. The molecule has 7 nitrogen and oxygen atoms in total. The molecule has 142 valence electrons. The number of ether oxygens (including phenoxy) is 1. The first-order valence-electron chi connectivity index (χ1n) is 8.12. The largest absolute Gasteiger partial charge is 0.497 e. The SMILES string of the molecule is COc1cccc(-c2noc(CCNS(=O)(=O)c3ccc(F)cc3C)n2)c1. The molecule has 0 radical (unpaired) electrons. The maximum Gasteiger partial charge on any atom is 0.240 e. The minimum atomic E-state index is -3.76. The Kier molecular flexibility index (Phi) is 5.52. The van der Waals surface area contributed by atoms with Crippen molar-refractivity contribution in [1.82, 2.24) is 14.9 Å². The van der Waals surface area contributed by atoms with Crippen molar-refractivity contribution in [2.24, 2.45) is 0 Å². The van der Waals surface area contributed by atoms with Gasteiger partial charge in [0.2, 0.25) is 21.7 Å². The third-order valence-corrected chi connectivity index (χ3v) is 5.47. The summed E-state index contributed by atoms with van der Waals surface area (Å²) in [5.74, 6) is 0.871. The molecular formula is C18H18FN3O4S. The number of rotatable bonds is 7. The topological polar surface area (TPSA) is 94.3 Å². The maximum absolute atomic E-state index is 13.1. The number of methoxy groups -OCH3 is 1. The highest BCUT2D eigenvalue weighted by Crippen LogP contribution is 2.21. The summed E-state index contributed by atoms with van der Waals surface area (Å²) in [6.45, 7) is 1.61. The second kappa shape index (κ2) is 7.85. The number of nitrogens with one attached hydrogen (secondary N) is 1. The number of halogens is 1. The minimum Gasteiger partial charge on any atom is -0.497 e. The molecule has 0 saturated carbocycles. The third-order valence-electron chi connectivity index (χ3n) is 3.85. The predicted molar refractivity (Wildman–Crippen MR) is 96.3 cm³/mol. The van der Waals surface area contributed by atoms with E-state index in [1.165, 1.54) is 19.1 Å². The Morgan fingerprint density at radius 3 is 2.78 bits per heavy atom. The van der Waals surface area contributed by atoms with E-state index in [9.17, 15) is 12.8 Å². The van der Waals surface area contributed by atoms with Gasteiger partial charge in [-0.05, 0) is 42.8 Å². The van der Waals surface area contributed by atoms with Gasteiger partial charge in [0.1, 0.15) is 11.6 Å². The van der Waals surface area contributed by atoms with Crippen LogP contribution in [0.2, 0.25) is 0 Å². The number of aryl methyl sites for hydroxylation is 1. The van der Waals surface area contributed by atoms with E-state index in [0.29, 0.717) is 23.0 Å². The predicted octanol–water partition coefficient (Wildman–Crippen LogP) is 2.71. The highest BCUT2D eigenvalue weighted by molar-refractivity contribution is 7.89. The van der Waals surface area contributed by atoms with Gasteiger partial charge < -0.3 is 9.26 Å². The first kappa shape index (κ1) is 19.0. The van der Waals surface area contributed by atoms with E-state index in [4.69, 9.17) is 9.26 Å². The van der Waals surface area contributed by atoms with Crippen molar-refractivity contribution in [3.8, 4) is 17.1 Å². The lowest BCUT2D eigenvalue weighted by Gasteiger charge is -2.08. The van der Waals surface area contributed by atoms with E-state index >= 15 is 0 Å². The fourth-order valence-electron chi connectivity index (χ4n) is 2.52. The van der Waals surface area contributed by atoms with Crippen LogP contribution in [0.5, 0.6) is 5.75 Å². The van der Waals surface area contributed by atoms with Gasteiger partial charge in [-0.1, -0.05) is 17.3 Å². The van der Waals surface area contributed by atoms with Crippen LogP contribution in [-0.4, -0.2) is 32.2 Å². The molecule has 0 bridgehead atoms. The highest BCUT2D eigenvalue weighted by atomic mass is 32.2. The molecule has 0 aliphatic carbocycles. The van der Waals surface area contributed by atoms with Crippen molar-refractivity contribution < 1.29 is 22.1 Å². The summed E-state index contributed by atoms with van der Waals surface area (Å²) in [5, 5.41) is 3.90. The summed E-state index contributed by atoms with van der Waals surface area (Å²) < 4.78 is 50.6. The lowest BCUT2D eigenvalue weighted by Crippen LogP contribution is -2.26. The van der Waals surface area contributed by atoms with E-state index < -0.39 is 15.8 Å². The van der Waals surface area contributed by atoms with E-state index in [1.807, 2.05) is 12.1 Å². The van der Waals surface area contributed by atoms with Crippen LogP contribution in [0.15, 0.2) is 51.9 Å². The molecule has 0 spiro atoms. The van der Waals surface area contributed by atoms with Gasteiger partial charge in [0, 0.05) is 18.5 Å². The van der Waals surface area contributed by atoms with Crippen LogP contribution in [0.3, 0.4) is 0 Å². The number of nitrogens with zero attached hydrogens (tertiary/aromatic N) is 2. The zero-order chi connectivity index (χ0) is 19.4. The summed E-state index contributed by atoms with van der Waals surface area (Å²) in [5.41, 5.74) is 1.06. The molecule has 0 aliphatic rings. The van der Waals surface area contributed by atoms with E-state index in [-0.39, 0.29) is 17.9 Å². The number of hydrogen-bond acceptors (Lipinski definition) is 6. The smallest absolute Gasteiger partial charge is 0.240 e. The number of hydrogen-bond donors (Lipinski definition) is 1. The van der Waals surface area contributed by atoms with Crippen LogP contribution >= 0.6 is 0 Å². The molecule has 3 rings (SSSR count). The fourth-order valence-corrected chi connectivity index (χ4v) is 3.78. The van der Waals surface area contributed by atoms with Gasteiger partial charge in [0.15, 0.2) is 0 Å². The summed E-state index contributed by atoms with van der Waals surface area (Å²) in [4.78, 5) is 4.29. The molecule has 1 heterocycles. The van der Waals surface area contributed by atoms with Crippen LogP contribution in [0.25, 0.3) is 11.4 Å². The van der Waals surface area contributed by atoms with Crippen molar-refractivity contribution >= 4 is 10.0 Å². The van der Waals surface area contributed by atoms with Gasteiger partial charge in [0.05, 0.1) is 12.0 Å². The Morgan fingerprint density at radius 2 is 2.04 bits per heavy atom. The Balaban J connectivity index is 1.65. The summed E-state index contributed by atoms with van der Waals surface area (Å²) in [6, 6.07) is 10.7. The van der Waals surface area contributed by atoms with Crippen molar-refractivity contribution in [1.29, 1.82) is 0 Å². The number of benzene rings is 2. The monoisotopic (exact) mass is 391 g/mol. The molecule has 27 heavy (non-hydrogen) atoms. The van der Waals surface area contributed by atoms with Gasteiger partial charge in [-0.2, -0.15) is 4.98 Å². The van der Waals surface area contributed by atoms with Gasteiger partial charge >= 0.3 is 0 Å². The van der Waals surface area contributed by atoms with E-state index in [2.05, 4.69) is 14.9 Å². The van der Waals surface area contributed by atoms with Gasteiger partial charge in [-0.3, -0.25) is 0 Å². The van der Waals surface area contributed by atoms with Gasteiger partial charge in [-0.25, -0.2) is 17.5 Å². The van der Waals surface area contributed by atoms with Crippen molar-refractivity contribution in [2.75, 3.05) is 13.7 Å². The fraction of sp³-hybridized carbons (Fsp3) is 0.222. The highest BCUT2D eigenvalue weighted by Gasteiger charge is 2.17. The van der Waals surface area contributed by atoms with E-state index in [0.717, 1.165) is 11.6 Å². The first-order valence-corrected chi connectivity index (χ1v) is 9.60. The van der Waals surface area contributed by atoms with Crippen LogP contribution in [0, 0.1) is 12.7 Å². The van der Waals surface area contributed by atoms with E-state index in [1.54, 1.807) is 19.2 Å². The number of aromatic nitrogens is 2. The molecule has 1 aromatic heterocycles. The van der Waals surface area contributed by atoms with Crippen molar-refractivity contribution in [3.63, 3.8) is 0 Å². The molecule has 0 saturated heterocycles. The zero-order valence-corrected chi connectivity index (χ0v) is 15.6. The Bertz CT molecular complexity index is 1050. The maximum atomic E-state index is 13.1. The minimum absolute atomic E-state index is 0.0338. The third kappa shape index (κ3) is 4.50. The lowest BCUT2D eigenvalue weighted by molar-refractivity contribution is 0.379. The van der Waals surface area contributed by atoms with Gasteiger partial charge in [-0.15, -0.1) is 0 Å². The quantitative estimate of drug-likeness (QED) is 0.666. The van der Waals surface area contributed by atoms with Crippen LogP contribution in [0.1, 0.15) is 11.5 Å². The molecule has 9 heteroatoms. The van der Waals surface area contributed by atoms with Crippen molar-refractivity contribution in [2.45, 2.75) is 18.2 Å². The second-order valence-electron chi connectivity index (χ2n) is 5.80. The summed E-state index contributed by atoms with van der Waals surface area (Å²) in [6.07, 6.45) is 0.219. The van der Waals surface area contributed by atoms with Crippen LogP contribution < -0.4 is 9.46 Å². The molecule has 3 aromatic rings. The summed E-state index contributed by atoms with van der Waals surface area (Å²) in [7, 11) is -2.19. The lowest BCUT2D eigenvalue weighted by atomic mass is 10.2. The normalized spacial score (nSPS) is 11.5. The molecule has 0 aliphatic heterocycles. The molecular weight excluding hydrogens is 373 g/mol. The van der Waals surface area contributed by atoms with Crippen LogP contribution in [0.4, 0.5) is 4.39 Å². The Labute approximate surface area is 156 Å². The standard InChI is InChI=1S/C18H18FN3O4S/c1-12-10-14(19)6-7-16(12)27(23,24)20-9-8-17-21-18(22-26-17)13-4-3-5-15(11-13)25-2/h3-7,10-11,20H,8-9H2,1-2H3. The summed E-state index contributed by atoms with van der Waals surface area (Å²) >= 11 is 0. The Morgan fingerprint density at radius 1 is 1.22 bits per heavy atom.